The molecule has 3 rings (SSSR count). The molecule has 2 fully saturated rings. The van der Waals surface area contributed by atoms with E-state index in [9.17, 15) is 9.18 Å². The smallest absolute Gasteiger partial charge is 0.257 e. The molecule has 126 valence electrons. The highest BCUT2D eigenvalue weighted by Gasteiger charge is 2.29. The maximum absolute atomic E-state index is 13.9. The fourth-order valence-electron chi connectivity index (χ4n) is 3.87. The minimum atomic E-state index is -0.405. The van der Waals surface area contributed by atoms with Crippen LogP contribution >= 0.6 is 0 Å². The molecule has 2 heterocycles. The van der Waals surface area contributed by atoms with E-state index >= 15 is 0 Å². The molecule has 1 aromatic carbocycles. The lowest BCUT2D eigenvalue weighted by molar-refractivity contribution is 0.0574. The number of amides is 1. The summed E-state index contributed by atoms with van der Waals surface area (Å²) < 4.78 is 13.9. The van der Waals surface area contributed by atoms with Crippen LogP contribution in [0.5, 0.6) is 0 Å². The molecule has 2 aliphatic heterocycles. The number of likely N-dealkylation sites (tertiary alicyclic amines) is 2. The summed E-state index contributed by atoms with van der Waals surface area (Å²) >= 11 is 0. The highest BCUT2D eigenvalue weighted by Crippen LogP contribution is 2.23. The van der Waals surface area contributed by atoms with Crippen LogP contribution in [0.1, 0.15) is 55.3 Å². The van der Waals surface area contributed by atoms with Gasteiger partial charge in [-0.15, -0.1) is 0 Å². The third kappa shape index (κ3) is 4.11. The highest BCUT2D eigenvalue weighted by atomic mass is 19.1. The average Bonchev–Trinajstić information content (AvgIpc) is 2.61. The van der Waals surface area contributed by atoms with Gasteiger partial charge in [0.25, 0.3) is 5.91 Å². The summed E-state index contributed by atoms with van der Waals surface area (Å²) in [7, 11) is 0. The van der Waals surface area contributed by atoms with Crippen molar-refractivity contribution >= 4 is 5.91 Å². The quantitative estimate of drug-likeness (QED) is 0.845. The van der Waals surface area contributed by atoms with Gasteiger partial charge in [-0.1, -0.05) is 18.6 Å². The molecule has 0 radical (unpaired) electrons. The zero-order valence-electron chi connectivity index (χ0n) is 13.8. The largest absolute Gasteiger partial charge is 0.336 e. The summed E-state index contributed by atoms with van der Waals surface area (Å²) in [6, 6.07) is 6.62. The first-order valence-electron chi connectivity index (χ1n) is 9.03. The minimum absolute atomic E-state index is 0.133. The van der Waals surface area contributed by atoms with Gasteiger partial charge < -0.3 is 9.80 Å². The molecule has 1 aromatic rings. The third-order valence-electron chi connectivity index (χ3n) is 5.22. The molecule has 0 aromatic heterocycles. The van der Waals surface area contributed by atoms with E-state index in [1.807, 2.05) is 4.90 Å². The van der Waals surface area contributed by atoms with Crippen LogP contribution in [0.4, 0.5) is 4.39 Å². The molecule has 0 unspecified atom stereocenters. The summed E-state index contributed by atoms with van der Waals surface area (Å²) in [6.07, 6.45) is 8.20. The molecule has 4 heteroatoms. The lowest BCUT2D eigenvalue weighted by Gasteiger charge is -2.37. The van der Waals surface area contributed by atoms with Crippen molar-refractivity contribution in [2.45, 2.75) is 51.0 Å². The molecular weight excluding hydrogens is 291 g/mol. The van der Waals surface area contributed by atoms with E-state index in [2.05, 4.69) is 4.90 Å². The lowest BCUT2D eigenvalue weighted by Crippen LogP contribution is -2.45. The lowest BCUT2D eigenvalue weighted by atomic mass is 9.97. The Morgan fingerprint density at radius 1 is 1.04 bits per heavy atom. The first-order valence-corrected chi connectivity index (χ1v) is 9.03. The number of rotatable bonds is 4. The van der Waals surface area contributed by atoms with Gasteiger partial charge in [-0.25, -0.2) is 4.39 Å². The summed E-state index contributed by atoms with van der Waals surface area (Å²) in [6.45, 7) is 4.20. The van der Waals surface area contributed by atoms with Gasteiger partial charge in [0, 0.05) is 19.1 Å². The Bertz CT molecular complexity index is 528. The Morgan fingerprint density at radius 2 is 1.78 bits per heavy atom. The van der Waals surface area contributed by atoms with E-state index in [4.69, 9.17) is 0 Å². The highest BCUT2D eigenvalue weighted by molar-refractivity contribution is 5.94. The molecule has 0 bridgehead atoms. The number of benzene rings is 1. The fourth-order valence-corrected chi connectivity index (χ4v) is 3.87. The number of carbonyl (C=O) groups excluding carboxylic acids is 1. The Kier molecular flexibility index (Phi) is 5.65. The summed E-state index contributed by atoms with van der Waals surface area (Å²) in [5, 5.41) is 0. The van der Waals surface area contributed by atoms with Crippen LogP contribution < -0.4 is 0 Å². The number of nitrogens with zero attached hydrogens (tertiary/aromatic N) is 2. The van der Waals surface area contributed by atoms with Gasteiger partial charge in [0.1, 0.15) is 5.82 Å². The van der Waals surface area contributed by atoms with Crippen molar-refractivity contribution < 1.29 is 9.18 Å². The van der Waals surface area contributed by atoms with Crippen molar-refractivity contribution in [3.8, 4) is 0 Å². The van der Waals surface area contributed by atoms with E-state index in [0.29, 0.717) is 0 Å². The molecule has 1 amide bonds. The number of hydrogen-bond acceptors (Lipinski definition) is 2. The molecule has 0 spiro atoms. The molecule has 0 saturated carbocycles. The number of hydrogen-bond donors (Lipinski definition) is 0. The fraction of sp³-hybridized carbons (Fsp3) is 0.632. The van der Waals surface area contributed by atoms with Crippen molar-refractivity contribution in [3.05, 3.63) is 35.6 Å². The van der Waals surface area contributed by atoms with E-state index in [0.717, 1.165) is 32.4 Å². The van der Waals surface area contributed by atoms with Crippen LogP contribution in [0.3, 0.4) is 0 Å². The van der Waals surface area contributed by atoms with Crippen molar-refractivity contribution in [1.82, 2.24) is 9.80 Å². The molecule has 1 atom stereocenters. The summed E-state index contributed by atoms with van der Waals surface area (Å²) in [4.78, 5) is 17.2. The molecule has 2 saturated heterocycles. The van der Waals surface area contributed by atoms with E-state index in [1.165, 1.54) is 44.8 Å². The van der Waals surface area contributed by atoms with Gasteiger partial charge in [0.2, 0.25) is 0 Å². The third-order valence-corrected chi connectivity index (χ3v) is 5.22. The second-order valence-electron chi connectivity index (χ2n) is 6.82. The van der Waals surface area contributed by atoms with Gasteiger partial charge in [0.05, 0.1) is 5.56 Å². The topological polar surface area (TPSA) is 23.6 Å². The number of halogens is 1. The molecule has 3 nitrogen and oxygen atoms in total. The van der Waals surface area contributed by atoms with Crippen molar-refractivity contribution in [1.29, 1.82) is 0 Å². The SMILES string of the molecule is O=C(c1ccccc1F)N1CCCC[C@H]1CCN1CCCCC1. The van der Waals surface area contributed by atoms with Gasteiger partial charge in [0.15, 0.2) is 0 Å². The van der Waals surface area contributed by atoms with Crippen LogP contribution in [0.25, 0.3) is 0 Å². The second-order valence-corrected chi connectivity index (χ2v) is 6.82. The summed E-state index contributed by atoms with van der Waals surface area (Å²) in [5.41, 5.74) is 0.220. The zero-order valence-corrected chi connectivity index (χ0v) is 13.8. The van der Waals surface area contributed by atoms with E-state index < -0.39 is 5.82 Å². The van der Waals surface area contributed by atoms with Crippen LogP contribution in [0.2, 0.25) is 0 Å². The molecule has 2 aliphatic rings. The number of carbonyl (C=O) groups is 1. The molecule has 23 heavy (non-hydrogen) atoms. The first kappa shape index (κ1) is 16.4. The van der Waals surface area contributed by atoms with E-state index in [1.54, 1.807) is 18.2 Å². The molecule has 0 N–H and O–H groups in total. The standard InChI is InChI=1S/C19H27FN2O/c20-18-10-3-2-9-17(18)19(23)22-14-7-4-8-16(22)11-15-21-12-5-1-6-13-21/h2-3,9-10,16H,1,4-8,11-15H2/t16-/m0/s1. The zero-order chi connectivity index (χ0) is 16.1. The Hall–Kier alpha value is -1.42. The van der Waals surface area contributed by atoms with Crippen molar-refractivity contribution in [2.75, 3.05) is 26.2 Å². The van der Waals surface area contributed by atoms with E-state index in [-0.39, 0.29) is 17.5 Å². The maximum atomic E-state index is 13.9. The monoisotopic (exact) mass is 318 g/mol. The van der Waals surface area contributed by atoms with Crippen LogP contribution in [-0.2, 0) is 0 Å². The molecular formula is C19H27FN2O. The second kappa shape index (κ2) is 7.91. The van der Waals surface area contributed by atoms with Gasteiger partial charge in [-0.2, -0.15) is 0 Å². The van der Waals surface area contributed by atoms with Crippen molar-refractivity contribution in [2.24, 2.45) is 0 Å². The van der Waals surface area contributed by atoms with Crippen LogP contribution in [-0.4, -0.2) is 47.9 Å². The Balaban J connectivity index is 1.63. The number of piperidine rings is 2. The Labute approximate surface area is 138 Å². The molecule has 0 aliphatic carbocycles. The minimum Gasteiger partial charge on any atom is -0.336 e. The van der Waals surface area contributed by atoms with Crippen LogP contribution in [0.15, 0.2) is 24.3 Å². The summed E-state index contributed by atoms with van der Waals surface area (Å²) in [5.74, 6) is -0.538. The van der Waals surface area contributed by atoms with Gasteiger partial charge >= 0.3 is 0 Å². The van der Waals surface area contributed by atoms with Gasteiger partial charge in [-0.3, -0.25) is 4.79 Å². The predicted octanol–water partition coefficient (Wildman–Crippen LogP) is 3.70. The van der Waals surface area contributed by atoms with Crippen LogP contribution in [0, 0.1) is 5.82 Å². The normalized spacial score (nSPS) is 23.0. The predicted molar refractivity (Wildman–Crippen MR) is 90.0 cm³/mol. The first-order chi connectivity index (χ1) is 11.3. The van der Waals surface area contributed by atoms with Gasteiger partial charge in [-0.05, 0) is 63.7 Å². The average molecular weight is 318 g/mol. The maximum Gasteiger partial charge on any atom is 0.257 e. The Morgan fingerprint density at radius 3 is 2.57 bits per heavy atom. The van der Waals surface area contributed by atoms with Crippen molar-refractivity contribution in [3.63, 3.8) is 0 Å².